The fourth-order valence-corrected chi connectivity index (χ4v) is 3.03. The first kappa shape index (κ1) is 16.7. The van der Waals surface area contributed by atoms with E-state index in [0.717, 1.165) is 10.9 Å². The summed E-state index contributed by atoms with van der Waals surface area (Å²) in [6, 6.07) is 0. The molecule has 1 aliphatic rings. The third-order valence-electron chi connectivity index (χ3n) is 3.57. The van der Waals surface area contributed by atoms with Crippen molar-refractivity contribution in [3.05, 3.63) is 27.3 Å². The molecule has 1 aromatic heterocycles. The van der Waals surface area contributed by atoms with Crippen molar-refractivity contribution in [1.29, 1.82) is 0 Å². The molecule has 0 spiro atoms. The number of nitrogens with zero attached hydrogens (tertiary/aromatic N) is 2. The number of aliphatic hydroxyl groups excluding tert-OH is 2. The lowest BCUT2D eigenvalue weighted by Crippen LogP contribution is -2.43. The van der Waals surface area contributed by atoms with Gasteiger partial charge in [0.1, 0.15) is 6.33 Å². The number of nitrogens with one attached hydrogen (secondary N) is 1. The maximum Gasteiger partial charge on any atom is 0.350 e. The summed E-state index contributed by atoms with van der Waals surface area (Å²) >= 11 is 6.54. The van der Waals surface area contributed by atoms with Gasteiger partial charge in [-0.05, 0) is 13.8 Å². The van der Waals surface area contributed by atoms with E-state index < -0.39 is 47.2 Å². The highest BCUT2D eigenvalue weighted by atomic mass is 35.5. The molecule has 1 fully saturated rings. The van der Waals surface area contributed by atoms with Gasteiger partial charge in [-0.3, -0.25) is 9.55 Å². The second-order valence-electron chi connectivity index (χ2n) is 5.01. The molecule has 1 aliphatic heterocycles. The van der Waals surface area contributed by atoms with Crippen LogP contribution in [0.2, 0.25) is 0 Å². The van der Waals surface area contributed by atoms with Crippen LogP contribution in [0.25, 0.3) is 0 Å². The third-order valence-corrected chi connectivity index (χ3v) is 4.13. The first-order valence-electron chi connectivity index (χ1n) is 6.59. The smallest absolute Gasteiger partial charge is 0.350 e. The summed E-state index contributed by atoms with van der Waals surface area (Å²) in [6.45, 7) is 2.65. The maximum absolute atomic E-state index is 11.9. The van der Waals surface area contributed by atoms with Crippen LogP contribution in [0.3, 0.4) is 0 Å². The molecule has 0 aromatic carbocycles. The van der Waals surface area contributed by atoms with Crippen LogP contribution in [0.4, 0.5) is 0 Å². The lowest BCUT2D eigenvalue weighted by molar-refractivity contribution is -0.0690. The topological polar surface area (TPSA) is 117 Å². The fourth-order valence-electron chi connectivity index (χ4n) is 2.59. The number of halogens is 1. The zero-order valence-electron chi connectivity index (χ0n) is 12.0. The normalized spacial score (nSPS) is 32.3. The molecule has 0 aliphatic carbocycles. The van der Waals surface area contributed by atoms with Crippen molar-refractivity contribution in [2.24, 2.45) is 5.92 Å². The summed E-state index contributed by atoms with van der Waals surface area (Å²) in [6.07, 6.45) is -1.88. The number of ether oxygens (including phenoxy) is 1. The Balaban J connectivity index is 2.59. The van der Waals surface area contributed by atoms with E-state index in [4.69, 9.17) is 16.3 Å². The predicted octanol–water partition coefficient (Wildman–Crippen LogP) is -1.18. The zero-order chi connectivity index (χ0) is 16.5. The minimum atomic E-state index is -1.45. The molecule has 2 unspecified atom stereocenters. The lowest BCUT2D eigenvalue weighted by atomic mass is 9.87. The Hall–Kier alpha value is -1.66. The molecule has 22 heavy (non-hydrogen) atoms. The van der Waals surface area contributed by atoms with Crippen molar-refractivity contribution < 1.29 is 14.9 Å². The highest BCUT2D eigenvalue weighted by molar-refractivity contribution is 6.26. The molecule has 120 valence electrons. The molecule has 2 heterocycles. The van der Waals surface area contributed by atoms with E-state index in [2.05, 4.69) is 16.8 Å². The van der Waals surface area contributed by atoms with E-state index in [1.807, 2.05) is 4.98 Å². The van der Waals surface area contributed by atoms with Gasteiger partial charge in [-0.1, -0.05) is 17.5 Å². The van der Waals surface area contributed by atoms with Crippen molar-refractivity contribution in [1.82, 2.24) is 14.5 Å². The number of aliphatic hydroxyl groups is 2. The Morgan fingerprint density at radius 1 is 1.64 bits per heavy atom. The van der Waals surface area contributed by atoms with Crippen molar-refractivity contribution in [3.8, 4) is 11.8 Å². The molecule has 8 nitrogen and oxygen atoms in total. The molecular weight excluding hydrogens is 314 g/mol. The highest BCUT2D eigenvalue weighted by Crippen LogP contribution is 2.47. The van der Waals surface area contributed by atoms with Gasteiger partial charge in [0.25, 0.3) is 0 Å². The summed E-state index contributed by atoms with van der Waals surface area (Å²) in [5, 5.41) is 19.4. The van der Waals surface area contributed by atoms with Crippen molar-refractivity contribution in [2.75, 3.05) is 6.61 Å². The lowest BCUT2D eigenvalue weighted by Gasteiger charge is -2.27. The largest absolute Gasteiger partial charge is 0.396 e. The Morgan fingerprint density at radius 2 is 2.32 bits per heavy atom. The first-order chi connectivity index (χ1) is 10.3. The SMILES string of the molecule is CC#CC1(Cl)C(CO)[C@@H]([C@@H](C)O)O[C@H]1n1cnc(=O)[nH]c1=O. The van der Waals surface area contributed by atoms with Crippen molar-refractivity contribution in [3.63, 3.8) is 0 Å². The molecule has 2 rings (SSSR count). The van der Waals surface area contributed by atoms with Gasteiger partial charge in [0.15, 0.2) is 11.1 Å². The van der Waals surface area contributed by atoms with Crippen LogP contribution in [0.5, 0.6) is 0 Å². The summed E-state index contributed by atoms with van der Waals surface area (Å²) in [4.78, 5) is 27.0. The minimum Gasteiger partial charge on any atom is -0.396 e. The number of aromatic nitrogens is 3. The second kappa shape index (κ2) is 6.22. The molecule has 1 saturated heterocycles. The minimum absolute atomic E-state index is 0.393. The molecule has 3 N–H and O–H groups in total. The summed E-state index contributed by atoms with van der Waals surface area (Å²) in [7, 11) is 0. The molecule has 0 radical (unpaired) electrons. The van der Waals surface area contributed by atoms with Crippen LogP contribution >= 0.6 is 11.6 Å². The van der Waals surface area contributed by atoms with E-state index >= 15 is 0 Å². The average Bonchev–Trinajstić information content (AvgIpc) is 2.72. The van der Waals surface area contributed by atoms with Gasteiger partial charge in [0, 0.05) is 5.92 Å². The van der Waals surface area contributed by atoms with Crippen LogP contribution in [0.1, 0.15) is 20.1 Å². The van der Waals surface area contributed by atoms with Gasteiger partial charge < -0.3 is 14.9 Å². The number of alkyl halides is 1. The van der Waals surface area contributed by atoms with Gasteiger partial charge >= 0.3 is 11.4 Å². The molecule has 0 amide bonds. The molecule has 1 aromatic rings. The van der Waals surface area contributed by atoms with Crippen LogP contribution in [0, 0.1) is 17.8 Å². The Labute approximate surface area is 130 Å². The standard InChI is InChI=1S/C13H16ClN3O5/c1-3-4-13(14)8(5-18)9(7(2)19)22-10(13)17-6-15-11(20)16-12(17)21/h6-10,18-19H,5H2,1-2H3,(H,16,20,21)/t7-,8?,9-,10-,13?/m1/s1. The van der Waals surface area contributed by atoms with Gasteiger partial charge in [0.05, 0.1) is 18.8 Å². The van der Waals surface area contributed by atoms with Gasteiger partial charge in [-0.2, -0.15) is 4.98 Å². The first-order valence-corrected chi connectivity index (χ1v) is 6.97. The molecule has 5 atom stereocenters. The van der Waals surface area contributed by atoms with E-state index in [1.165, 1.54) is 6.92 Å². The van der Waals surface area contributed by atoms with Gasteiger partial charge in [-0.25, -0.2) is 9.59 Å². The Bertz CT molecular complexity index is 719. The van der Waals surface area contributed by atoms with Crippen molar-refractivity contribution >= 4 is 11.6 Å². The third kappa shape index (κ3) is 2.68. The maximum atomic E-state index is 11.9. The average molecular weight is 330 g/mol. The summed E-state index contributed by atoms with van der Waals surface area (Å²) < 4.78 is 6.65. The Kier molecular flexibility index (Phi) is 4.72. The number of rotatable bonds is 3. The van der Waals surface area contributed by atoms with Gasteiger partial charge in [-0.15, -0.1) is 5.92 Å². The van der Waals surface area contributed by atoms with E-state index in [-0.39, 0.29) is 0 Å². The highest BCUT2D eigenvalue weighted by Gasteiger charge is 2.57. The van der Waals surface area contributed by atoms with E-state index in [0.29, 0.717) is 0 Å². The predicted molar refractivity (Wildman–Crippen MR) is 77.3 cm³/mol. The summed E-state index contributed by atoms with van der Waals surface area (Å²) in [5.74, 6) is 4.65. The second-order valence-corrected chi connectivity index (χ2v) is 5.64. The monoisotopic (exact) mass is 329 g/mol. The zero-order valence-corrected chi connectivity index (χ0v) is 12.7. The Morgan fingerprint density at radius 3 is 2.82 bits per heavy atom. The van der Waals surface area contributed by atoms with Crippen LogP contribution in [-0.4, -0.2) is 48.4 Å². The molecule has 9 heteroatoms. The van der Waals surface area contributed by atoms with Crippen LogP contribution in [0.15, 0.2) is 15.9 Å². The fraction of sp³-hybridized carbons (Fsp3) is 0.615. The van der Waals surface area contributed by atoms with Crippen LogP contribution < -0.4 is 11.4 Å². The number of H-pyrrole nitrogens is 1. The van der Waals surface area contributed by atoms with Crippen molar-refractivity contribution in [2.45, 2.75) is 37.2 Å². The molecule has 0 saturated carbocycles. The van der Waals surface area contributed by atoms with E-state index in [9.17, 15) is 19.8 Å². The van der Waals surface area contributed by atoms with E-state index in [1.54, 1.807) is 6.92 Å². The molecule has 0 bridgehead atoms. The summed E-state index contributed by atoms with van der Waals surface area (Å²) in [5.41, 5.74) is -1.57. The number of hydrogen-bond donors (Lipinski definition) is 3. The van der Waals surface area contributed by atoms with Gasteiger partial charge in [0.2, 0.25) is 0 Å². The number of aromatic amines is 1. The quantitative estimate of drug-likeness (QED) is 0.474. The molecular formula is C13H16ClN3O5. The number of hydrogen-bond acceptors (Lipinski definition) is 6. The van der Waals surface area contributed by atoms with Crippen LogP contribution in [-0.2, 0) is 4.74 Å².